The van der Waals surface area contributed by atoms with Gasteiger partial charge in [-0.2, -0.15) is 0 Å². The average molecular weight is 394 g/mol. The summed E-state index contributed by atoms with van der Waals surface area (Å²) < 4.78 is 0. The van der Waals surface area contributed by atoms with Gasteiger partial charge in [-0.3, -0.25) is 9.69 Å². The molecule has 27 heavy (non-hydrogen) atoms. The molecule has 1 heterocycles. The highest BCUT2D eigenvalue weighted by Crippen LogP contribution is 2.26. The van der Waals surface area contributed by atoms with Crippen molar-refractivity contribution in [2.45, 2.75) is 69.4 Å². The summed E-state index contributed by atoms with van der Waals surface area (Å²) in [7, 11) is 0. The molecule has 0 aliphatic carbocycles. The number of hydrogen-bond donors (Lipinski definition) is 2. The lowest BCUT2D eigenvalue weighted by Crippen LogP contribution is -2.35. The summed E-state index contributed by atoms with van der Waals surface area (Å²) in [5.74, 6) is -0.732. The number of aliphatic hydroxyl groups is 1. The maximum atomic E-state index is 10.6. The zero-order valence-electron chi connectivity index (χ0n) is 16.2. The number of carboxylic acid groups (broad SMARTS) is 1. The van der Waals surface area contributed by atoms with Crippen LogP contribution < -0.4 is 0 Å². The lowest BCUT2D eigenvalue weighted by molar-refractivity contribution is -0.137. The summed E-state index contributed by atoms with van der Waals surface area (Å²) >= 11 is 6.40. The van der Waals surface area contributed by atoms with Gasteiger partial charge in [-0.25, -0.2) is 0 Å². The van der Waals surface area contributed by atoms with E-state index < -0.39 is 11.0 Å². The number of halogens is 1. The largest absolute Gasteiger partial charge is 0.481 e. The first-order valence-corrected chi connectivity index (χ1v) is 10.3. The average Bonchev–Trinajstić information content (AvgIpc) is 3.03. The van der Waals surface area contributed by atoms with Crippen molar-refractivity contribution in [1.29, 1.82) is 0 Å². The van der Waals surface area contributed by atoms with Crippen molar-refractivity contribution < 1.29 is 15.0 Å². The summed E-state index contributed by atoms with van der Waals surface area (Å²) in [6, 6.07) is 8.61. The minimum absolute atomic E-state index is 0.231. The van der Waals surface area contributed by atoms with Gasteiger partial charge in [0.05, 0.1) is 0 Å². The van der Waals surface area contributed by atoms with E-state index in [1.165, 1.54) is 12.0 Å². The Bertz CT molecular complexity index is 630. The van der Waals surface area contributed by atoms with Gasteiger partial charge in [-0.15, -0.1) is 0 Å². The second-order valence-corrected chi connectivity index (χ2v) is 8.36. The Labute approximate surface area is 167 Å². The standard InChI is InChI=1S/C22H32ClNO3/c1-18-8-6-9-19(16-18)17-22(23,27)13-15-24-14-7-11-20(24)10-4-2-3-5-12-21(25)26/h2,4,6,8-9,16,20,27H,3,5,7,10-15,17H2,1H3,(H,25,26)/b4-2-/t20?,22-/m0/s1. The maximum absolute atomic E-state index is 10.6. The first kappa shape index (κ1) is 21.9. The molecule has 2 N–H and O–H groups in total. The molecule has 5 heteroatoms. The van der Waals surface area contributed by atoms with E-state index in [1.807, 2.05) is 25.1 Å². The number of likely N-dealkylation sites (tertiary alicyclic amines) is 1. The lowest BCUT2D eigenvalue weighted by Gasteiger charge is -2.28. The Morgan fingerprint density at radius 1 is 1.41 bits per heavy atom. The number of allylic oxidation sites excluding steroid dienone is 1. The summed E-state index contributed by atoms with van der Waals surface area (Å²) in [6.45, 7) is 3.89. The third-order valence-electron chi connectivity index (χ3n) is 5.17. The minimum atomic E-state index is -1.21. The number of rotatable bonds is 11. The Morgan fingerprint density at radius 3 is 2.96 bits per heavy atom. The van der Waals surface area contributed by atoms with E-state index >= 15 is 0 Å². The van der Waals surface area contributed by atoms with Gasteiger partial charge < -0.3 is 10.2 Å². The molecule has 1 fully saturated rings. The molecule has 150 valence electrons. The van der Waals surface area contributed by atoms with Crippen molar-refractivity contribution in [1.82, 2.24) is 4.90 Å². The molecule has 4 nitrogen and oxygen atoms in total. The van der Waals surface area contributed by atoms with Gasteiger partial charge in [0.15, 0.2) is 0 Å². The zero-order valence-corrected chi connectivity index (χ0v) is 17.0. The van der Waals surface area contributed by atoms with Gasteiger partial charge in [0, 0.05) is 31.8 Å². The molecular formula is C22H32ClNO3. The molecule has 0 aromatic heterocycles. The van der Waals surface area contributed by atoms with Gasteiger partial charge in [-0.1, -0.05) is 53.6 Å². The molecule has 2 rings (SSSR count). The van der Waals surface area contributed by atoms with E-state index in [1.54, 1.807) is 0 Å². The van der Waals surface area contributed by atoms with Crippen LogP contribution in [0, 0.1) is 6.92 Å². The number of carbonyl (C=O) groups is 1. The van der Waals surface area contributed by atoms with Gasteiger partial charge in [0.25, 0.3) is 0 Å². The third kappa shape index (κ3) is 8.46. The van der Waals surface area contributed by atoms with Crippen LogP contribution in [0.25, 0.3) is 0 Å². The highest BCUT2D eigenvalue weighted by molar-refractivity contribution is 6.22. The van der Waals surface area contributed by atoms with Crippen molar-refractivity contribution in [3.8, 4) is 0 Å². The molecule has 0 spiro atoms. The van der Waals surface area contributed by atoms with E-state index in [2.05, 4.69) is 23.1 Å². The fourth-order valence-corrected chi connectivity index (χ4v) is 3.98. The smallest absolute Gasteiger partial charge is 0.303 e. The SMILES string of the molecule is Cc1cccc(C[C@](O)(Cl)CCN2CCCC2C/C=C\CCCC(=O)O)c1. The van der Waals surface area contributed by atoms with Gasteiger partial charge >= 0.3 is 5.97 Å². The molecule has 1 aliphatic heterocycles. The first-order chi connectivity index (χ1) is 12.9. The fraction of sp³-hybridized carbons (Fsp3) is 0.591. The highest BCUT2D eigenvalue weighted by atomic mass is 35.5. The zero-order chi connectivity index (χ0) is 19.7. The fourth-order valence-electron chi connectivity index (χ4n) is 3.74. The van der Waals surface area contributed by atoms with Gasteiger partial charge in [0.2, 0.25) is 0 Å². The van der Waals surface area contributed by atoms with Crippen molar-refractivity contribution in [2.75, 3.05) is 13.1 Å². The Balaban J connectivity index is 1.74. The number of nitrogens with zero attached hydrogens (tertiary/aromatic N) is 1. The number of aryl methyl sites for hydroxylation is 1. The van der Waals surface area contributed by atoms with Crippen LogP contribution in [0.15, 0.2) is 36.4 Å². The van der Waals surface area contributed by atoms with Crippen molar-refractivity contribution in [3.63, 3.8) is 0 Å². The molecule has 2 atom stereocenters. The predicted octanol–water partition coefficient (Wildman–Crippen LogP) is 4.52. The summed E-state index contributed by atoms with van der Waals surface area (Å²) in [6.07, 6.45) is 10.3. The summed E-state index contributed by atoms with van der Waals surface area (Å²) in [4.78, 5) is 12.9. The number of unbranched alkanes of at least 4 members (excludes halogenated alkanes) is 1. The quantitative estimate of drug-likeness (QED) is 0.329. The van der Waals surface area contributed by atoms with Crippen LogP contribution in [0.3, 0.4) is 0 Å². The Kier molecular flexibility index (Phi) is 8.81. The molecule has 0 radical (unpaired) electrons. The first-order valence-electron chi connectivity index (χ1n) is 9.93. The molecule has 0 amide bonds. The monoisotopic (exact) mass is 393 g/mol. The summed E-state index contributed by atoms with van der Waals surface area (Å²) in [5, 5.41) is 18.0. The molecule has 0 saturated carbocycles. The van der Waals surface area contributed by atoms with Gasteiger partial charge in [-0.05, 0) is 51.1 Å². The van der Waals surface area contributed by atoms with Gasteiger partial charge in [0.1, 0.15) is 5.06 Å². The van der Waals surface area contributed by atoms with E-state index in [0.29, 0.717) is 25.3 Å². The lowest BCUT2D eigenvalue weighted by atomic mass is 10.0. The normalized spacial score (nSPS) is 20.2. The Morgan fingerprint density at radius 2 is 2.22 bits per heavy atom. The van der Waals surface area contributed by atoms with E-state index in [-0.39, 0.29) is 6.42 Å². The molecule has 1 aromatic rings. The number of benzene rings is 1. The summed E-state index contributed by atoms with van der Waals surface area (Å²) in [5.41, 5.74) is 2.24. The number of aliphatic carboxylic acids is 1. The predicted molar refractivity (Wildman–Crippen MR) is 110 cm³/mol. The van der Waals surface area contributed by atoms with Crippen LogP contribution in [-0.4, -0.2) is 45.3 Å². The number of hydrogen-bond acceptors (Lipinski definition) is 3. The van der Waals surface area contributed by atoms with Crippen LogP contribution in [0.2, 0.25) is 0 Å². The highest BCUT2D eigenvalue weighted by Gasteiger charge is 2.29. The van der Waals surface area contributed by atoms with Crippen LogP contribution in [0.5, 0.6) is 0 Å². The molecular weight excluding hydrogens is 362 g/mol. The molecule has 1 aliphatic rings. The Hall–Kier alpha value is -1.36. The molecule has 1 saturated heterocycles. The van der Waals surface area contributed by atoms with Crippen molar-refractivity contribution in [2.24, 2.45) is 0 Å². The topological polar surface area (TPSA) is 60.8 Å². The second kappa shape index (κ2) is 10.8. The van der Waals surface area contributed by atoms with Crippen LogP contribution in [0.4, 0.5) is 0 Å². The molecule has 1 unspecified atom stereocenters. The van der Waals surface area contributed by atoms with Crippen molar-refractivity contribution in [3.05, 3.63) is 47.5 Å². The van der Waals surface area contributed by atoms with Crippen LogP contribution >= 0.6 is 11.6 Å². The second-order valence-electron chi connectivity index (χ2n) is 7.66. The van der Waals surface area contributed by atoms with E-state index in [4.69, 9.17) is 16.7 Å². The van der Waals surface area contributed by atoms with Crippen molar-refractivity contribution >= 4 is 17.6 Å². The molecule has 1 aromatic carbocycles. The molecule has 0 bridgehead atoms. The van der Waals surface area contributed by atoms with Crippen LogP contribution in [0.1, 0.15) is 56.1 Å². The van der Waals surface area contributed by atoms with E-state index in [0.717, 1.165) is 37.9 Å². The maximum Gasteiger partial charge on any atom is 0.303 e. The number of carboxylic acids is 1. The minimum Gasteiger partial charge on any atom is -0.481 e. The number of alkyl halides is 1. The third-order valence-corrected chi connectivity index (χ3v) is 5.50. The van der Waals surface area contributed by atoms with E-state index in [9.17, 15) is 9.90 Å². The van der Waals surface area contributed by atoms with Crippen LogP contribution in [-0.2, 0) is 11.2 Å².